The Morgan fingerprint density at radius 1 is 1.19 bits per heavy atom. The first-order chi connectivity index (χ1) is 13.2. The SMILES string of the molecule is CCNNC(=S)c1ccc(-c2ccnc(N3CCC4(CC3)COC4)n2)cc1. The Bertz CT molecular complexity index is 796. The van der Waals surface area contributed by atoms with Crippen molar-refractivity contribution in [3.05, 3.63) is 42.1 Å². The van der Waals surface area contributed by atoms with Gasteiger partial charge in [-0.1, -0.05) is 43.4 Å². The van der Waals surface area contributed by atoms with E-state index in [1.165, 1.54) is 0 Å². The van der Waals surface area contributed by atoms with Crippen LogP contribution in [-0.2, 0) is 4.74 Å². The zero-order valence-corrected chi connectivity index (χ0v) is 16.4. The minimum absolute atomic E-state index is 0.420. The molecule has 2 aliphatic heterocycles. The van der Waals surface area contributed by atoms with Gasteiger partial charge in [-0.15, -0.1) is 0 Å². The highest BCUT2D eigenvalue weighted by molar-refractivity contribution is 7.80. The van der Waals surface area contributed by atoms with E-state index in [2.05, 4.69) is 32.9 Å². The summed E-state index contributed by atoms with van der Waals surface area (Å²) in [4.78, 5) is 12.3. The van der Waals surface area contributed by atoms with Crippen molar-refractivity contribution < 1.29 is 4.74 Å². The molecule has 2 N–H and O–H groups in total. The number of thiocarbonyl (C=S) groups is 1. The van der Waals surface area contributed by atoms with Crippen LogP contribution in [-0.4, -0.2) is 47.8 Å². The van der Waals surface area contributed by atoms with E-state index in [0.29, 0.717) is 10.4 Å². The molecule has 1 aromatic heterocycles. The Labute approximate surface area is 165 Å². The predicted octanol–water partition coefficient (Wildman–Crippen LogP) is 2.55. The van der Waals surface area contributed by atoms with E-state index >= 15 is 0 Å². The first-order valence-electron chi connectivity index (χ1n) is 9.48. The molecule has 2 aromatic rings. The highest BCUT2D eigenvalue weighted by Crippen LogP contribution is 2.39. The van der Waals surface area contributed by atoms with Gasteiger partial charge >= 0.3 is 0 Å². The third-order valence-electron chi connectivity index (χ3n) is 5.39. The van der Waals surface area contributed by atoms with Gasteiger partial charge < -0.3 is 15.1 Å². The number of nitrogens with zero attached hydrogens (tertiary/aromatic N) is 3. The number of ether oxygens (including phenoxy) is 1. The molecule has 6 nitrogen and oxygen atoms in total. The second kappa shape index (κ2) is 7.88. The largest absolute Gasteiger partial charge is 0.380 e. The summed E-state index contributed by atoms with van der Waals surface area (Å²) in [5.74, 6) is 0.816. The summed E-state index contributed by atoms with van der Waals surface area (Å²) in [6, 6.07) is 10.1. The van der Waals surface area contributed by atoms with Crippen LogP contribution in [0, 0.1) is 5.41 Å². The highest BCUT2D eigenvalue weighted by Gasteiger charge is 2.41. The third kappa shape index (κ3) is 3.95. The van der Waals surface area contributed by atoms with Gasteiger partial charge in [0.2, 0.25) is 5.95 Å². The lowest BCUT2D eigenvalue weighted by molar-refractivity contribution is -0.124. The van der Waals surface area contributed by atoms with Crippen molar-refractivity contribution in [1.82, 2.24) is 20.8 Å². The lowest BCUT2D eigenvalue weighted by Crippen LogP contribution is -2.51. The van der Waals surface area contributed by atoms with E-state index < -0.39 is 0 Å². The molecule has 1 aromatic carbocycles. The number of benzene rings is 1. The number of hydrogen-bond acceptors (Lipinski definition) is 6. The topological polar surface area (TPSA) is 62.3 Å². The lowest BCUT2D eigenvalue weighted by atomic mass is 9.77. The highest BCUT2D eigenvalue weighted by atomic mass is 32.1. The second-order valence-corrected chi connectivity index (χ2v) is 7.69. The fourth-order valence-electron chi connectivity index (χ4n) is 3.56. The Hall–Kier alpha value is -2.09. The quantitative estimate of drug-likeness (QED) is 0.608. The first kappa shape index (κ1) is 18.3. The van der Waals surface area contributed by atoms with Crippen molar-refractivity contribution in [2.24, 2.45) is 5.41 Å². The van der Waals surface area contributed by atoms with E-state index in [1.807, 2.05) is 31.3 Å². The second-order valence-electron chi connectivity index (χ2n) is 7.28. The number of nitrogens with one attached hydrogen (secondary N) is 2. The van der Waals surface area contributed by atoms with Gasteiger partial charge in [-0.3, -0.25) is 0 Å². The van der Waals surface area contributed by atoms with Crippen molar-refractivity contribution in [3.63, 3.8) is 0 Å². The predicted molar refractivity (Wildman–Crippen MR) is 111 cm³/mol. The molecule has 0 bridgehead atoms. The van der Waals surface area contributed by atoms with Gasteiger partial charge in [-0.2, -0.15) is 0 Å². The zero-order chi connectivity index (χ0) is 18.7. The van der Waals surface area contributed by atoms with Crippen LogP contribution in [0.25, 0.3) is 11.3 Å². The van der Waals surface area contributed by atoms with E-state index in [9.17, 15) is 0 Å². The molecule has 4 rings (SSSR count). The molecule has 0 unspecified atom stereocenters. The van der Waals surface area contributed by atoms with Crippen LogP contribution >= 0.6 is 12.2 Å². The van der Waals surface area contributed by atoms with Gasteiger partial charge in [-0.25, -0.2) is 15.4 Å². The molecule has 3 heterocycles. The number of rotatable bonds is 5. The fourth-order valence-corrected chi connectivity index (χ4v) is 3.76. The van der Waals surface area contributed by atoms with Crippen molar-refractivity contribution in [2.45, 2.75) is 19.8 Å². The van der Waals surface area contributed by atoms with Gasteiger partial charge in [0.05, 0.1) is 18.9 Å². The molecular weight excluding hydrogens is 358 g/mol. The zero-order valence-electron chi connectivity index (χ0n) is 15.6. The van der Waals surface area contributed by atoms with Crippen molar-refractivity contribution in [2.75, 3.05) is 37.7 Å². The van der Waals surface area contributed by atoms with Gasteiger partial charge in [0.1, 0.15) is 4.99 Å². The molecule has 142 valence electrons. The Kier molecular flexibility index (Phi) is 5.33. The first-order valence-corrected chi connectivity index (χ1v) is 9.89. The van der Waals surface area contributed by atoms with Crippen LogP contribution in [0.3, 0.4) is 0 Å². The summed E-state index contributed by atoms with van der Waals surface area (Å²) in [7, 11) is 0. The third-order valence-corrected chi connectivity index (χ3v) is 5.73. The summed E-state index contributed by atoms with van der Waals surface area (Å²) >= 11 is 5.37. The minimum Gasteiger partial charge on any atom is -0.380 e. The maximum absolute atomic E-state index is 5.41. The van der Waals surface area contributed by atoms with Crippen LogP contribution in [0.5, 0.6) is 0 Å². The summed E-state index contributed by atoms with van der Waals surface area (Å²) in [5.41, 5.74) is 9.44. The average Bonchev–Trinajstić information content (AvgIpc) is 2.71. The molecule has 7 heteroatoms. The molecule has 0 saturated carbocycles. The Morgan fingerprint density at radius 3 is 2.56 bits per heavy atom. The number of anilines is 1. The molecular formula is C20H25N5OS. The molecule has 0 radical (unpaired) electrons. The molecule has 0 atom stereocenters. The van der Waals surface area contributed by atoms with E-state index in [1.54, 1.807) is 0 Å². The fraction of sp³-hybridized carbons (Fsp3) is 0.450. The van der Waals surface area contributed by atoms with Crippen LogP contribution in [0.15, 0.2) is 36.5 Å². The summed E-state index contributed by atoms with van der Waals surface area (Å²) in [6.07, 6.45) is 4.16. The Balaban J connectivity index is 1.45. The molecule has 1 spiro atoms. The normalized spacial score (nSPS) is 18.2. The maximum Gasteiger partial charge on any atom is 0.225 e. The smallest absolute Gasteiger partial charge is 0.225 e. The monoisotopic (exact) mass is 383 g/mol. The molecule has 2 aliphatic rings. The van der Waals surface area contributed by atoms with Crippen LogP contribution < -0.4 is 15.8 Å². The Morgan fingerprint density at radius 2 is 1.93 bits per heavy atom. The van der Waals surface area contributed by atoms with Gasteiger partial charge in [0.15, 0.2) is 0 Å². The van der Waals surface area contributed by atoms with Crippen molar-refractivity contribution >= 4 is 23.2 Å². The summed E-state index contributed by atoms with van der Waals surface area (Å²) in [6.45, 7) is 6.66. The van der Waals surface area contributed by atoms with E-state index in [4.69, 9.17) is 21.9 Å². The maximum atomic E-state index is 5.41. The number of piperidine rings is 1. The van der Waals surface area contributed by atoms with Gasteiger partial charge in [0, 0.05) is 42.4 Å². The summed E-state index contributed by atoms with van der Waals surface area (Å²) < 4.78 is 5.41. The van der Waals surface area contributed by atoms with E-state index in [0.717, 1.165) is 68.5 Å². The average molecular weight is 384 g/mol. The molecule has 2 saturated heterocycles. The number of hydrogen-bond donors (Lipinski definition) is 2. The van der Waals surface area contributed by atoms with E-state index in [-0.39, 0.29) is 0 Å². The van der Waals surface area contributed by atoms with Crippen LogP contribution in [0.2, 0.25) is 0 Å². The van der Waals surface area contributed by atoms with Gasteiger partial charge in [0.25, 0.3) is 0 Å². The van der Waals surface area contributed by atoms with Crippen LogP contribution in [0.1, 0.15) is 25.3 Å². The molecule has 0 aliphatic carbocycles. The van der Waals surface area contributed by atoms with Crippen molar-refractivity contribution in [3.8, 4) is 11.3 Å². The number of hydrazine groups is 1. The van der Waals surface area contributed by atoms with Crippen LogP contribution in [0.4, 0.5) is 5.95 Å². The molecule has 0 amide bonds. The van der Waals surface area contributed by atoms with Crippen molar-refractivity contribution in [1.29, 1.82) is 0 Å². The summed E-state index contributed by atoms with van der Waals surface area (Å²) in [5, 5.41) is 0. The molecule has 27 heavy (non-hydrogen) atoms. The lowest BCUT2D eigenvalue weighted by Gasteiger charge is -2.47. The minimum atomic E-state index is 0.420. The molecule has 2 fully saturated rings. The van der Waals surface area contributed by atoms with Gasteiger partial charge in [-0.05, 0) is 18.9 Å². The number of aromatic nitrogens is 2. The standard InChI is InChI=1S/C20H25N5OS/c1-2-22-24-18(27)16-5-3-15(4-6-16)17-7-10-21-19(23-17)25-11-8-20(9-12-25)13-26-14-20/h3-7,10,22H,2,8-9,11-14H2,1H3,(H,24,27).